The third kappa shape index (κ3) is 21.8. The monoisotopic (exact) mass is 332 g/mol. The molecule has 0 aliphatic rings. The maximum atomic E-state index is 8.52. The molecule has 0 unspecified atom stereocenters. The predicted octanol–water partition coefficient (Wildman–Crippen LogP) is 4.34. The van der Waals surface area contributed by atoms with Crippen molar-refractivity contribution in [2.24, 2.45) is 0 Å². The minimum absolute atomic E-state index is 0.0715. The Labute approximate surface area is 143 Å². The molecule has 0 radical (unpaired) electrons. The summed E-state index contributed by atoms with van der Waals surface area (Å²) in [4.78, 5) is 0. The van der Waals surface area contributed by atoms with Crippen molar-refractivity contribution in [2.45, 2.75) is 77.6 Å². The van der Waals surface area contributed by atoms with Crippen molar-refractivity contribution in [1.29, 1.82) is 0 Å². The van der Waals surface area contributed by atoms with Crippen LogP contribution in [0.3, 0.4) is 0 Å². The number of aliphatic hydroxyl groups is 1. The fourth-order valence-electron chi connectivity index (χ4n) is 2.47. The zero-order valence-electron chi connectivity index (χ0n) is 15.4. The summed E-state index contributed by atoms with van der Waals surface area (Å²) in [6.07, 6.45) is 15.0. The molecule has 0 atom stereocenters. The van der Waals surface area contributed by atoms with Crippen molar-refractivity contribution < 1.29 is 19.3 Å². The van der Waals surface area contributed by atoms with Gasteiger partial charge < -0.3 is 19.3 Å². The van der Waals surface area contributed by atoms with E-state index in [1.165, 1.54) is 64.2 Å². The molecule has 0 spiro atoms. The summed E-state index contributed by atoms with van der Waals surface area (Å²) < 4.78 is 16.0. The van der Waals surface area contributed by atoms with Crippen molar-refractivity contribution in [1.82, 2.24) is 0 Å². The van der Waals surface area contributed by atoms with Gasteiger partial charge in [-0.05, 0) is 6.42 Å². The first-order chi connectivity index (χ1) is 11.4. The Morgan fingerprint density at radius 3 is 1.35 bits per heavy atom. The van der Waals surface area contributed by atoms with Gasteiger partial charge in [0.25, 0.3) is 0 Å². The van der Waals surface area contributed by atoms with E-state index in [1.807, 2.05) is 0 Å². The van der Waals surface area contributed by atoms with Crippen LogP contribution in [0.2, 0.25) is 0 Å². The summed E-state index contributed by atoms with van der Waals surface area (Å²) in [5.74, 6) is 0. The van der Waals surface area contributed by atoms with Crippen molar-refractivity contribution in [3.8, 4) is 0 Å². The lowest BCUT2D eigenvalue weighted by atomic mass is 10.1. The van der Waals surface area contributed by atoms with Crippen LogP contribution >= 0.6 is 0 Å². The number of aliphatic hydroxyl groups excluding tert-OH is 1. The van der Waals surface area contributed by atoms with Gasteiger partial charge in [-0.15, -0.1) is 0 Å². The average Bonchev–Trinajstić information content (AvgIpc) is 2.57. The lowest BCUT2D eigenvalue weighted by Gasteiger charge is -2.06. The van der Waals surface area contributed by atoms with Crippen molar-refractivity contribution in [2.75, 3.05) is 46.2 Å². The highest BCUT2D eigenvalue weighted by Gasteiger charge is 1.94. The summed E-state index contributed by atoms with van der Waals surface area (Å²) in [5, 5.41) is 8.52. The molecule has 0 amide bonds. The van der Waals surface area contributed by atoms with E-state index in [4.69, 9.17) is 19.3 Å². The van der Waals surface area contributed by atoms with Crippen LogP contribution in [0.15, 0.2) is 0 Å². The first kappa shape index (κ1) is 22.8. The molecule has 0 aromatic rings. The fourth-order valence-corrected chi connectivity index (χ4v) is 2.47. The minimum atomic E-state index is 0.0715. The van der Waals surface area contributed by atoms with Gasteiger partial charge in [-0.2, -0.15) is 0 Å². The lowest BCUT2D eigenvalue weighted by molar-refractivity contribution is 0.00719. The first-order valence-electron chi connectivity index (χ1n) is 9.76. The second-order valence-corrected chi connectivity index (χ2v) is 6.10. The van der Waals surface area contributed by atoms with E-state index in [2.05, 4.69) is 6.92 Å². The van der Waals surface area contributed by atoms with Gasteiger partial charge >= 0.3 is 0 Å². The molecule has 1 N–H and O–H groups in total. The van der Waals surface area contributed by atoms with Crippen LogP contribution in [0.5, 0.6) is 0 Å². The van der Waals surface area contributed by atoms with Gasteiger partial charge in [-0.1, -0.05) is 71.1 Å². The van der Waals surface area contributed by atoms with E-state index in [9.17, 15) is 0 Å². The van der Waals surface area contributed by atoms with Crippen molar-refractivity contribution in [3.63, 3.8) is 0 Å². The lowest BCUT2D eigenvalue weighted by Crippen LogP contribution is -2.11. The molecule has 4 nitrogen and oxygen atoms in total. The van der Waals surface area contributed by atoms with E-state index in [0.29, 0.717) is 33.0 Å². The topological polar surface area (TPSA) is 47.9 Å². The highest BCUT2D eigenvalue weighted by Crippen LogP contribution is 2.11. The van der Waals surface area contributed by atoms with E-state index in [1.54, 1.807) is 0 Å². The molecular weight excluding hydrogens is 292 g/mol. The number of ether oxygens (including phenoxy) is 3. The highest BCUT2D eigenvalue weighted by atomic mass is 16.5. The van der Waals surface area contributed by atoms with Gasteiger partial charge in [0.05, 0.1) is 39.6 Å². The summed E-state index contributed by atoms with van der Waals surface area (Å²) in [5.41, 5.74) is 0. The van der Waals surface area contributed by atoms with Crippen LogP contribution in [-0.2, 0) is 14.2 Å². The number of hydrogen-bond acceptors (Lipinski definition) is 4. The van der Waals surface area contributed by atoms with Crippen LogP contribution in [0.1, 0.15) is 77.6 Å². The largest absolute Gasteiger partial charge is 0.394 e. The fraction of sp³-hybridized carbons (Fsp3) is 1.00. The molecule has 140 valence electrons. The molecule has 0 aromatic heterocycles. The molecule has 0 saturated heterocycles. The van der Waals surface area contributed by atoms with Crippen LogP contribution in [-0.4, -0.2) is 51.4 Å². The molecule has 23 heavy (non-hydrogen) atoms. The molecule has 0 aromatic carbocycles. The number of unbranched alkanes of at least 4 members (excludes halogenated alkanes) is 10. The molecule has 0 saturated carbocycles. The molecular formula is C19H40O4. The molecule has 0 rings (SSSR count). The van der Waals surface area contributed by atoms with Crippen molar-refractivity contribution >= 4 is 0 Å². The average molecular weight is 333 g/mol. The third-order valence-electron chi connectivity index (χ3n) is 3.87. The second-order valence-electron chi connectivity index (χ2n) is 6.10. The van der Waals surface area contributed by atoms with Gasteiger partial charge in [0.15, 0.2) is 0 Å². The zero-order chi connectivity index (χ0) is 16.8. The van der Waals surface area contributed by atoms with Crippen LogP contribution < -0.4 is 0 Å². The van der Waals surface area contributed by atoms with E-state index in [-0.39, 0.29) is 6.61 Å². The summed E-state index contributed by atoms with van der Waals surface area (Å²) in [6.45, 7) is 5.98. The highest BCUT2D eigenvalue weighted by molar-refractivity contribution is 4.48. The zero-order valence-corrected chi connectivity index (χ0v) is 15.4. The Bertz CT molecular complexity index is 180. The van der Waals surface area contributed by atoms with Crippen molar-refractivity contribution in [3.05, 3.63) is 0 Å². The quantitative estimate of drug-likeness (QED) is 0.337. The van der Waals surface area contributed by atoms with Crippen LogP contribution in [0.25, 0.3) is 0 Å². The SMILES string of the molecule is CCCCCCCCCCCCCOCCOCCOCCO. The third-order valence-corrected chi connectivity index (χ3v) is 3.87. The summed E-state index contributed by atoms with van der Waals surface area (Å²) in [7, 11) is 0. The molecule has 0 heterocycles. The Hall–Kier alpha value is -0.160. The first-order valence-corrected chi connectivity index (χ1v) is 9.76. The van der Waals surface area contributed by atoms with Gasteiger partial charge in [0.2, 0.25) is 0 Å². The maximum Gasteiger partial charge on any atom is 0.0701 e. The van der Waals surface area contributed by atoms with Gasteiger partial charge in [-0.3, -0.25) is 0 Å². The summed E-state index contributed by atoms with van der Waals surface area (Å²) in [6, 6.07) is 0. The molecule has 0 bridgehead atoms. The van der Waals surface area contributed by atoms with Crippen LogP contribution in [0, 0.1) is 0 Å². The van der Waals surface area contributed by atoms with Gasteiger partial charge in [0, 0.05) is 6.61 Å². The molecule has 4 heteroatoms. The van der Waals surface area contributed by atoms with Crippen LogP contribution in [0.4, 0.5) is 0 Å². The molecule has 0 aliphatic carbocycles. The van der Waals surface area contributed by atoms with Gasteiger partial charge in [-0.25, -0.2) is 0 Å². The van der Waals surface area contributed by atoms with E-state index >= 15 is 0 Å². The van der Waals surface area contributed by atoms with Gasteiger partial charge in [0.1, 0.15) is 0 Å². The minimum Gasteiger partial charge on any atom is -0.394 e. The smallest absolute Gasteiger partial charge is 0.0701 e. The predicted molar refractivity (Wildman–Crippen MR) is 96.0 cm³/mol. The Kier molecular flexibility index (Phi) is 21.7. The number of rotatable bonds is 20. The Morgan fingerprint density at radius 1 is 0.478 bits per heavy atom. The summed E-state index contributed by atoms with van der Waals surface area (Å²) >= 11 is 0. The standard InChI is InChI=1S/C19H40O4/c1-2-3-4-5-6-7-8-9-10-11-12-14-21-16-18-23-19-17-22-15-13-20/h20H,2-19H2,1H3. The molecule has 0 aliphatic heterocycles. The number of hydrogen-bond donors (Lipinski definition) is 1. The maximum absolute atomic E-state index is 8.52. The van der Waals surface area contributed by atoms with E-state index in [0.717, 1.165) is 13.0 Å². The normalized spacial score (nSPS) is 11.2. The van der Waals surface area contributed by atoms with E-state index < -0.39 is 0 Å². The Balaban J connectivity index is 2.92. The molecule has 0 fully saturated rings. The Morgan fingerprint density at radius 2 is 0.870 bits per heavy atom. The second kappa shape index (κ2) is 21.8.